The minimum absolute atomic E-state index is 0.0311. The van der Waals surface area contributed by atoms with Crippen molar-refractivity contribution >= 4 is 27.7 Å². The van der Waals surface area contributed by atoms with E-state index < -0.39 is 23.2 Å². The molecule has 15 nitrogen and oxygen atoms in total. The van der Waals surface area contributed by atoms with E-state index in [9.17, 15) is 4.79 Å². The molecule has 11 rings (SSSR count). The topological polar surface area (TPSA) is 160 Å². The summed E-state index contributed by atoms with van der Waals surface area (Å²) in [6.45, 7) is 9.20. The maximum absolute atomic E-state index is 16.0. The van der Waals surface area contributed by atoms with Gasteiger partial charge in [0, 0.05) is 55.3 Å². The third kappa shape index (κ3) is 5.66. The number of rotatable bonds is 7. The average Bonchev–Trinajstić information content (AvgIpc) is 3.95. The van der Waals surface area contributed by atoms with E-state index in [-0.39, 0.29) is 28.9 Å². The molecular formula is C45H43F2N11O4. The van der Waals surface area contributed by atoms with E-state index in [1.165, 1.54) is 11.8 Å². The zero-order valence-electron chi connectivity index (χ0n) is 34.8. The van der Waals surface area contributed by atoms with Gasteiger partial charge in [0.25, 0.3) is 5.91 Å². The average molecular weight is 840 g/mol. The quantitative estimate of drug-likeness (QED) is 0.179. The van der Waals surface area contributed by atoms with Crippen molar-refractivity contribution in [3.05, 3.63) is 123 Å². The highest BCUT2D eigenvalue weighted by molar-refractivity contribution is 6.00. The first kappa shape index (κ1) is 38.2. The third-order valence-electron chi connectivity index (χ3n) is 13.5. The fourth-order valence-electron chi connectivity index (χ4n) is 10.1. The van der Waals surface area contributed by atoms with Crippen LogP contribution in [0.2, 0.25) is 0 Å². The highest BCUT2D eigenvalue weighted by Gasteiger charge is 2.59. The summed E-state index contributed by atoms with van der Waals surface area (Å²) in [4.78, 5) is 32.4. The van der Waals surface area contributed by atoms with E-state index in [1.807, 2.05) is 22.5 Å². The number of carbonyl (C=O) groups is 1. The Labute approximate surface area is 352 Å². The summed E-state index contributed by atoms with van der Waals surface area (Å²) in [6, 6.07) is 14.7. The molecule has 3 aromatic carbocycles. The van der Waals surface area contributed by atoms with Gasteiger partial charge in [-0.3, -0.25) is 19.0 Å². The number of nitrogens with zero attached hydrogens (tertiary/aromatic N) is 10. The van der Waals surface area contributed by atoms with Crippen LogP contribution in [0.15, 0.2) is 70.2 Å². The van der Waals surface area contributed by atoms with Gasteiger partial charge in [0.1, 0.15) is 28.6 Å². The third-order valence-corrected chi connectivity index (χ3v) is 13.5. The summed E-state index contributed by atoms with van der Waals surface area (Å²) in [5, 5.41) is 23.7. The van der Waals surface area contributed by atoms with Gasteiger partial charge in [-0.15, -0.1) is 5.10 Å². The Bertz CT molecular complexity index is 3160. The minimum Gasteiger partial charge on any atom is -0.381 e. The molecule has 0 unspecified atom stereocenters. The Morgan fingerprint density at radius 2 is 1.74 bits per heavy atom. The molecule has 2 aliphatic heterocycles. The van der Waals surface area contributed by atoms with Crippen LogP contribution in [0.5, 0.6) is 0 Å². The Morgan fingerprint density at radius 1 is 0.984 bits per heavy atom. The Kier molecular flexibility index (Phi) is 8.55. The van der Waals surface area contributed by atoms with Gasteiger partial charge in [-0.05, 0) is 111 Å². The van der Waals surface area contributed by atoms with Gasteiger partial charge in [0.05, 0.1) is 40.7 Å². The van der Waals surface area contributed by atoms with Crippen molar-refractivity contribution in [2.45, 2.75) is 70.9 Å². The molecule has 0 radical (unpaired) electrons. The number of aryl methyl sites for hydroxylation is 3. The van der Waals surface area contributed by atoms with Gasteiger partial charge in [-0.25, -0.2) is 22.9 Å². The largest absolute Gasteiger partial charge is 0.438 e. The summed E-state index contributed by atoms with van der Waals surface area (Å²) in [5.41, 5.74) is 5.81. The van der Waals surface area contributed by atoms with Crippen LogP contribution in [-0.2, 0) is 23.7 Å². The van der Waals surface area contributed by atoms with Gasteiger partial charge < -0.3 is 14.2 Å². The molecule has 316 valence electrons. The number of hydrogen-bond acceptors (Lipinski definition) is 9. The summed E-state index contributed by atoms with van der Waals surface area (Å²) in [7, 11) is 1.75. The van der Waals surface area contributed by atoms with Gasteiger partial charge in [0.2, 0.25) is 0 Å². The number of nitrogens with one attached hydrogen (secondary N) is 1. The van der Waals surface area contributed by atoms with Crippen LogP contribution in [0, 0.1) is 31.4 Å². The maximum Gasteiger partial charge on any atom is 0.438 e. The smallest absolute Gasteiger partial charge is 0.381 e. The fraction of sp³-hybridized carbons (Fsp3) is 0.356. The van der Waals surface area contributed by atoms with Gasteiger partial charge in [-0.1, -0.05) is 23.4 Å². The molecule has 0 bridgehead atoms. The van der Waals surface area contributed by atoms with Crippen molar-refractivity contribution in [3.8, 4) is 22.8 Å². The number of benzene rings is 3. The minimum atomic E-state index is -0.817. The molecule has 1 saturated carbocycles. The van der Waals surface area contributed by atoms with Crippen molar-refractivity contribution in [3.63, 3.8) is 0 Å². The molecule has 1 aliphatic carbocycles. The Morgan fingerprint density at radius 3 is 2.47 bits per heavy atom. The van der Waals surface area contributed by atoms with Crippen LogP contribution in [0.1, 0.15) is 89.3 Å². The highest BCUT2D eigenvalue weighted by Crippen LogP contribution is 2.56. The van der Waals surface area contributed by atoms with E-state index in [2.05, 4.69) is 50.7 Å². The summed E-state index contributed by atoms with van der Waals surface area (Å²) >= 11 is 0. The Hall–Kier alpha value is -6.75. The molecule has 0 spiro atoms. The molecule has 7 heterocycles. The van der Waals surface area contributed by atoms with E-state index >= 15 is 13.6 Å². The zero-order valence-corrected chi connectivity index (χ0v) is 34.8. The van der Waals surface area contributed by atoms with E-state index in [4.69, 9.17) is 14.4 Å². The number of H-pyrrole nitrogens is 1. The van der Waals surface area contributed by atoms with E-state index in [0.717, 1.165) is 35.0 Å². The number of ether oxygens (including phenoxy) is 1. The number of halogens is 2. The predicted molar refractivity (Wildman–Crippen MR) is 223 cm³/mol. The lowest BCUT2D eigenvalue weighted by atomic mass is 9.91. The van der Waals surface area contributed by atoms with Gasteiger partial charge in [0.15, 0.2) is 11.6 Å². The second kappa shape index (κ2) is 13.9. The SMILES string of the molecule is Cc1cc(-n2nc3c(c2-n2cc(-c4ccc5c(cnn5C)c4F)nn2)[C@H](C)N(C(=O)c2cc4cc(C5CCOCC5)ccc4n2[C@@]2(c4noc(=O)[nH]4)C[C@@H]2C)CC3)cc(C)c1F. The number of hydrogen-bond donors (Lipinski definition) is 1. The molecule has 2 fully saturated rings. The molecule has 1 saturated heterocycles. The number of fused-ring (bicyclic) bond motifs is 3. The lowest BCUT2D eigenvalue weighted by Gasteiger charge is -2.34. The van der Waals surface area contributed by atoms with Crippen molar-refractivity contribution in [1.82, 2.24) is 54.2 Å². The van der Waals surface area contributed by atoms with Crippen LogP contribution in [0.3, 0.4) is 0 Å². The lowest BCUT2D eigenvalue weighted by Crippen LogP contribution is -2.41. The van der Waals surface area contributed by atoms with Crippen molar-refractivity contribution in [2.75, 3.05) is 19.8 Å². The first-order chi connectivity index (χ1) is 29.9. The standard InChI is InChI=1S/C45H43F2N11O4/c1-23-16-30(17-24(2)39(23)46)58-41(56-22-34(50-53-56)31-7-9-36-32(40(31)47)21-48-54(36)5)38-26(4)55(13-10-33(38)51-58)42(59)37-19-29-18-28(27-11-14-61-15-12-27)6-8-35(29)57(37)45(20-25(45)3)43-49-44(60)62-52-43/h6-9,16-19,21-22,25-27H,10-15,20H2,1-5H3,(H,49,52,60)/t25-,26-,45-/m0/s1. The molecule has 8 aromatic rings. The summed E-state index contributed by atoms with van der Waals surface area (Å²) in [6.07, 6.45) is 6.01. The summed E-state index contributed by atoms with van der Waals surface area (Å²) in [5.74, 6) is -0.416. The molecule has 17 heteroatoms. The van der Waals surface area contributed by atoms with Crippen LogP contribution in [0.25, 0.3) is 44.6 Å². The highest BCUT2D eigenvalue weighted by atomic mass is 19.1. The summed E-state index contributed by atoms with van der Waals surface area (Å²) < 4.78 is 48.7. The first-order valence-corrected chi connectivity index (χ1v) is 21.0. The van der Waals surface area contributed by atoms with E-state index in [0.29, 0.717) is 83.6 Å². The Balaban J connectivity index is 1.05. The number of aromatic amines is 1. The van der Waals surface area contributed by atoms with Gasteiger partial charge in [-0.2, -0.15) is 10.2 Å². The molecule has 1 N–H and O–H groups in total. The molecular weight excluding hydrogens is 797 g/mol. The van der Waals surface area contributed by atoms with Gasteiger partial charge >= 0.3 is 5.76 Å². The lowest BCUT2D eigenvalue weighted by molar-refractivity contribution is 0.0663. The predicted octanol–water partition coefficient (Wildman–Crippen LogP) is 6.97. The van der Waals surface area contributed by atoms with Crippen LogP contribution in [-0.4, -0.2) is 79.8 Å². The monoisotopic (exact) mass is 839 g/mol. The van der Waals surface area contributed by atoms with Crippen LogP contribution < -0.4 is 5.76 Å². The zero-order chi connectivity index (χ0) is 42.8. The maximum atomic E-state index is 16.0. The van der Waals surface area contributed by atoms with Crippen LogP contribution in [0.4, 0.5) is 8.78 Å². The fourth-order valence-corrected chi connectivity index (χ4v) is 10.1. The second-order valence-corrected chi connectivity index (χ2v) is 17.1. The van der Waals surface area contributed by atoms with Crippen molar-refractivity contribution < 1.29 is 22.8 Å². The molecule has 62 heavy (non-hydrogen) atoms. The molecule has 3 atom stereocenters. The number of carbonyl (C=O) groups excluding carboxylic acids is 1. The van der Waals surface area contributed by atoms with Crippen molar-refractivity contribution in [2.24, 2.45) is 13.0 Å². The van der Waals surface area contributed by atoms with E-state index in [1.54, 1.807) is 65.4 Å². The molecule has 5 aromatic heterocycles. The normalized spacial score (nSPS) is 20.4. The second-order valence-electron chi connectivity index (χ2n) is 17.1. The first-order valence-electron chi connectivity index (χ1n) is 21.0. The number of amides is 1. The van der Waals surface area contributed by atoms with Crippen molar-refractivity contribution in [1.29, 1.82) is 0 Å². The number of aromatic nitrogens is 10. The molecule has 3 aliphatic rings. The molecule has 1 amide bonds. The van der Waals surface area contributed by atoms with Crippen LogP contribution >= 0.6 is 0 Å².